The van der Waals surface area contributed by atoms with E-state index in [1.807, 2.05) is 22.6 Å². The lowest BCUT2D eigenvalue weighted by Gasteiger charge is -2.13. The number of hydrogen-bond acceptors (Lipinski definition) is 3. The average molecular weight is 255 g/mol. The van der Waals surface area contributed by atoms with E-state index in [0.717, 1.165) is 30.3 Å². The van der Waals surface area contributed by atoms with Crippen LogP contribution in [-0.4, -0.2) is 27.3 Å². The van der Waals surface area contributed by atoms with Crippen LogP contribution in [0.1, 0.15) is 34.1 Å². The molecule has 0 aliphatic rings. The van der Waals surface area contributed by atoms with Gasteiger partial charge < -0.3 is 5.32 Å². The molecule has 0 aromatic carbocycles. The van der Waals surface area contributed by atoms with Gasteiger partial charge in [-0.3, -0.25) is 4.68 Å². The van der Waals surface area contributed by atoms with Crippen molar-refractivity contribution >= 4 is 17.4 Å². The van der Waals surface area contributed by atoms with E-state index < -0.39 is 0 Å². The first kappa shape index (κ1) is 14.4. The van der Waals surface area contributed by atoms with Crippen molar-refractivity contribution in [3.63, 3.8) is 0 Å². The summed E-state index contributed by atoms with van der Waals surface area (Å²) in [5, 5.41) is 7.81. The van der Waals surface area contributed by atoms with Crippen LogP contribution in [0.2, 0.25) is 0 Å². The Hall–Kier alpha value is -0.640. The Balaban J connectivity index is 2.26. The molecule has 1 atom stereocenters. The van der Waals surface area contributed by atoms with Crippen LogP contribution in [0, 0.1) is 5.92 Å². The fourth-order valence-corrected chi connectivity index (χ4v) is 2.64. The Morgan fingerprint density at radius 2 is 2.12 bits per heavy atom. The smallest absolute Gasteiger partial charge is 0.0728 e. The lowest BCUT2D eigenvalue weighted by atomic mass is 10.3. The van der Waals surface area contributed by atoms with Gasteiger partial charge in [0.05, 0.1) is 11.9 Å². The average Bonchev–Trinajstić information content (AvgIpc) is 2.65. The number of anilines is 1. The minimum absolute atomic E-state index is 0.498. The van der Waals surface area contributed by atoms with Crippen LogP contribution in [0.4, 0.5) is 5.69 Å². The van der Waals surface area contributed by atoms with Gasteiger partial charge in [-0.25, -0.2) is 0 Å². The van der Waals surface area contributed by atoms with E-state index in [9.17, 15) is 0 Å². The zero-order valence-corrected chi connectivity index (χ0v) is 12.3. The van der Waals surface area contributed by atoms with E-state index in [2.05, 4.69) is 44.3 Å². The molecule has 0 saturated carbocycles. The van der Waals surface area contributed by atoms with Crippen LogP contribution in [0.5, 0.6) is 0 Å². The summed E-state index contributed by atoms with van der Waals surface area (Å²) in [7, 11) is 0. The summed E-state index contributed by atoms with van der Waals surface area (Å²) in [6, 6.07) is 0.498. The van der Waals surface area contributed by atoms with Gasteiger partial charge in [-0.2, -0.15) is 16.9 Å². The molecule has 1 N–H and O–H groups in total. The largest absolute Gasteiger partial charge is 0.379 e. The molecule has 0 fully saturated rings. The van der Waals surface area contributed by atoms with Crippen LogP contribution < -0.4 is 5.32 Å². The number of nitrogens with one attached hydrogen (secondary N) is 1. The standard InChI is InChI=1S/C13H25N3S/c1-5-6-16-8-13(7-14-16)15-12(4)10-17-9-11(2)3/h7-8,11-12,15H,5-6,9-10H2,1-4H3/t12-/m1/s1. The molecular formula is C13H25N3S. The number of nitrogens with zero attached hydrogens (tertiary/aromatic N) is 2. The normalized spacial score (nSPS) is 13.0. The number of aryl methyl sites for hydroxylation is 1. The van der Waals surface area contributed by atoms with Crippen molar-refractivity contribution in [2.24, 2.45) is 5.92 Å². The Morgan fingerprint density at radius 1 is 1.35 bits per heavy atom. The van der Waals surface area contributed by atoms with Gasteiger partial charge in [0.15, 0.2) is 0 Å². The van der Waals surface area contributed by atoms with Gasteiger partial charge in [0.1, 0.15) is 0 Å². The lowest BCUT2D eigenvalue weighted by molar-refractivity contribution is 0.603. The van der Waals surface area contributed by atoms with E-state index in [1.54, 1.807) is 0 Å². The maximum absolute atomic E-state index is 4.31. The Morgan fingerprint density at radius 3 is 2.76 bits per heavy atom. The third kappa shape index (κ3) is 6.01. The molecule has 98 valence electrons. The van der Waals surface area contributed by atoms with E-state index in [4.69, 9.17) is 0 Å². The summed E-state index contributed by atoms with van der Waals surface area (Å²) in [6.45, 7) is 9.92. The number of hydrogen-bond donors (Lipinski definition) is 1. The molecule has 1 aromatic rings. The monoisotopic (exact) mass is 255 g/mol. The Kier molecular flexibility index (Phi) is 6.48. The minimum Gasteiger partial charge on any atom is -0.379 e. The highest BCUT2D eigenvalue weighted by Gasteiger charge is 2.04. The first-order chi connectivity index (χ1) is 8.11. The molecule has 3 nitrogen and oxygen atoms in total. The van der Waals surface area contributed by atoms with Gasteiger partial charge in [0.25, 0.3) is 0 Å². The predicted octanol–water partition coefficient (Wildman–Crippen LogP) is 3.48. The Bertz CT molecular complexity index is 309. The van der Waals surface area contributed by atoms with Crippen LogP contribution >= 0.6 is 11.8 Å². The first-order valence-corrected chi connectivity index (χ1v) is 7.64. The third-order valence-electron chi connectivity index (χ3n) is 2.32. The molecule has 0 unspecified atom stereocenters. The molecule has 0 aliphatic heterocycles. The van der Waals surface area contributed by atoms with Crippen molar-refractivity contribution in [2.75, 3.05) is 16.8 Å². The van der Waals surface area contributed by atoms with E-state index in [1.165, 1.54) is 5.75 Å². The number of aromatic nitrogens is 2. The van der Waals surface area contributed by atoms with Crippen LogP contribution in [0.15, 0.2) is 12.4 Å². The lowest BCUT2D eigenvalue weighted by Crippen LogP contribution is -2.18. The van der Waals surface area contributed by atoms with Crippen LogP contribution in [0.3, 0.4) is 0 Å². The Labute approximate surface area is 109 Å². The van der Waals surface area contributed by atoms with Crippen molar-refractivity contribution in [3.8, 4) is 0 Å². The highest BCUT2D eigenvalue weighted by Crippen LogP contribution is 2.13. The summed E-state index contributed by atoms with van der Waals surface area (Å²) in [5.41, 5.74) is 1.14. The molecule has 0 amide bonds. The van der Waals surface area contributed by atoms with Crippen molar-refractivity contribution in [1.82, 2.24) is 9.78 Å². The van der Waals surface area contributed by atoms with E-state index in [-0.39, 0.29) is 0 Å². The van der Waals surface area contributed by atoms with Gasteiger partial charge >= 0.3 is 0 Å². The van der Waals surface area contributed by atoms with Gasteiger partial charge in [0, 0.05) is 24.5 Å². The van der Waals surface area contributed by atoms with E-state index in [0.29, 0.717) is 6.04 Å². The SMILES string of the molecule is CCCn1cc(N[C@H](C)CSCC(C)C)cn1. The molecule has 0 bridgehead atoms. The van der Waals surface area contributed by atoms with E-state index >= 15 is 0 Å². The highest BCUT2D eigenvalue weighted by atomic mass is 32.2. The number of thioether (sulfide) groups is 1. The molecule has 0 spiro atoms. The van der Waals surface area contributed by atoms with Gasteiger partial charge in [-0.15, -0.1) is 0 Å². The fraction of sp³-hybridized carbons (Fsp3) is 0.769. The zero-order valence-electron chi connectivity index (χ0n) is 11.4. The summed E-state index contributed by atoms with van der Waals surface area (Å²) >= 11 is 2.02. The van der Waals surface area contributed by atoms with Crippen molar-refractivity contribution < 1.29 is 0 Å². The molecule has 0 radical (unpaired) electrons. The summed E-state index contributed by atoms with van der Waals surface area (Å²) in [4.78, 5) is 0. The molecule has 1 aromatic heterocycles. The molecule has 17 heavy (non-hydrogen) atoms. The van der Waals surface area contributed by atoms with Crippen molar-refractivity contribution in [3.05, 3.63) is 12.4 Å². The molecule has 4 heteroatoms. The fourth-order valence-electron chi connectivity index (χ4n) is 1.60. The van der Waals surface area contributed by atoms with Gasteiger partial charge in [-0.05, 0) is 25.0 Å². The van der Waals surface area contributed by atoms with Gasteiger partial charge in [0.2, 0.25) is 0 Å². The second kappa shape index (κ2) is 7.64. The second-order valence-electron chi connectivity index (χ2n) is 4.97. The summed E-state index contributed by atoms with van der Waals surface area (Å²) in [5.74, 6) is 3.16. The van der Waals surface area contributed by atoms with Gasteiger partial charge in [-0.1, -0.05) is 20.8 Å². The summed E-state index contributed by atoms with van der Waals surface area (Å²) < 4.78 is 2.00. The van der Waals surface area contributed by atoms with Crippen molar-refractivity contribution in [2.45, 2.75) is 46.7 Å². The maximum Gasteiger partial charge on any atom is 0.0728 e. The molecule has 0 aliphatic carbocycles. The summed E-state index contributed by atoms with van der Waals surface area (Å²) in [6.07, 6.45) is 5.13. The van der Waals surface area contributed by atoms with Crippen molar-refractivity contribution in [1.29, 1.82) is 0 Å². The quantitative estimate of drug-likeness (QED) is 0.771. The third-order valence-corrected chi connectivity index (χ3v) is 3.96. The minimum atomic E-state index is 0.498. The molecular weight excluding hydrogens is 230 g/mol. The van der Waals surface area contributed by atoms with Crippen LogP contribution in [-0.2, 0) is 6.54 Å². The molecule has 0 saturated heterocycles. The topological polar surface area (TPSA) is 29.9 Å². The maximum atomic E-state index is 4.31. The zero-order chi connectivity index (χ0) is 12.7. The predicted molar refractivity (Wildman–Crippen MR) is 77.8 cm³/mol. The first-order valence-electron chi connectivity index (χ1n) is 6.48. The molecule has 1 rings (SSSR count). The molecule has 1 heterocycles. The second-order valence-corrected chi connectivity index (χ2v) is 6.04. The van der Waals surface area contributed by atoms with Crippen LogP contribution in [0.25, 0.3) is 0 Å². The highest BCUT2D eigenvalue weighted by molar-refractivity contribution is 7.99. The number of rotatable bonds is 8.